The molecule has 2 aromatic rings. The SMILES string of the molecule is C[C@@H]1CCC[C@H](C)N1C(=O)COc1ccc(C(=O)Nc2ccc(Br)cc2)cc1. The molecule has 0 bridgehead atoms. The lowest BCUT2D eigenvalue weighted by Gasteiger charge is -2.38. The number of amides is 2. The molecule has 2 atom stereocenters. The van der Waals surface area contributed by atoms with Crippen molar-refractivity contribution >= 4 is 33.4 Å². The minimum Gasteiger partial charge on any atom is -0.484 e. The largest absolute Gasteiger partial charge is 0.484 e. The molecule has 0 radical (unpaired) electrons. The van der Waals surface area contributed by atoms with Crippen LogP contribution in [0.4, 0.5) is 5.69 Å². The molecular weight excluding hydrogens is 420 g/mol. The van der Waals surface area contributed by atoms with Crippen LogP contribution in [0.15, 0.2) is 53.0 Å². The number of nitrogens with zero attached hydrogens (tertiary/aromatic N) is 1. The van der Waals surface area contributed by atoms with Crippen molar-refractivity contribution in [2.45, 2.75) is 45.2 Å². The Morgan fingerprint density at radius 2 is 1.64 bits per heavy atom. The Kier molecular flexibility index (Phi) is 6.73. The molecule has 2 aromatic carbocycles. The fourth-order valence-corrected chi connectivity index (χ4v) is 3.84. The molecule has 0 aliphatic carbocycles. The predicted octanol–water partition coefficient (Wildman–Crippen LogP) is 4.87. The van der Waals surface area contributed by atoms with Gasteiger partial charge in [0.05, 0.1) is 0 Å². The Labute approximate surface area is 174 Å². The second kappa shape index (κ2) is 9.24. The molecule has 1 N–H and O–H groups in total. The summed E-state index contributed by atoms with van der Waals surface area (Å²) in [6, 6.07) is 14.7. The molecule has 1 fully saturated rings. The number of rotatable bonds is 5. The van der Waals surface area contributed by atoms with Gasteiger partial charge < -0.3 is 15.0 Å². The summed E-state index contributed by atoms with van der Waals surface area (Å²) in [4.78, 5) is 26.8. The molecule has 0 aromatic heterocycles. The van der Waals surface area contributed by atoms with E-state index in [0.717, 1.165) is 29.4 Å². The minimum absolute atomic E-state index is 0.0109. The van der Waals surface area contributed by atoms with E-state index in [4.69, 9.17) is 4.74 Å². The first-order valence-corrected chi connectivity index (χ1v) is 10.3. The third-order valence-electron chi connectivity index (χ3n) is 5.06. The molecule has 1 aliphatic rings. The number of carbonyl (C=O) groups is 2. The molecule has 28 heavy (non-hydrogen) atoms. The van der Waals surface area contributed by atoms with Crippen LogP contribution in [0.1, 0.15) is 43.5 Å². The maximum absolute atomic E-state index is 12.5. The lowest BCUT2D eigenvalue weighted by atomic mass is 9.97. The second-order valence-corrected chi connectivity index (χ2v) is 8.12. The van der Waals surface area contributed by atoms with Gasteiger partial charge >= 0.3 is 0 Å². The van der Waals surface area contributed by atoms with Crippen LogP contribution in [0.3, 0.4) is 0 Å². The van der Waals surface area contributed by atoms with Crippen LogP contribution in [0, 0.1) is 0 Å². The Morgan fingerprint density at radius 1 is 1.04 bits per heavy atom. The number of piperidine rings is 1. The van der Waals surface area contributed by atoms with Crippen LogP contribution in [-0.2, 0) is 4.79 Å². The van der Waals surface area contributed by atoms with Gasteiger partial charge in [-0.25, -0.2) is 0 Å². The van der Waals surface area contributed by atoms with Crippen molar-refractivity contribution in [3.8, 4) is 5.75 Å². The quantitative estimate of drug-likeness (QED) is 0.715. The van der Waals surface area contributed by atoms with Gasteiger partial charge in [0.2, 0.25) is 0 Å². The Balaban J connectivity index is 1.54. The normalized spacial score (nSPS) is 19.2. The van der Waals surface area contributed by atoms with Crippen LogP contribution in [0.5, 0.6) is 5.75 Å². The number of benzene rings is 2. The summed E-state index contributed by atoms with van der Waals surface area (Å²) < 4.78 is 6.61. The highest BCUT2D eigenvalue weighted by atomic mass is 79.9. The zero-order valence-electron chi connectivity index (χ0n) is 16.2. The zero-order chi connectivity index (χ0) is 20.1. The van der Waals surface area contributed by atoms with Gasteiger partial charge in [0.25, 0.3) is 11.8 Å². The van der Waals surface area contributed by atoms with Crippen molar-refractivity contribution in [2.75, 3.05) is 11.9 Å². The highest BCUT2D eigenvalue weighted by Crippen LogP contribution is 2.23. The number of anilines is 1. The van der Waals surface area contributed by atoms with Crippen molar-refractivity contribution in [3.05, 3.63) is 58.6 Å². The summed E-state index contributed by atoms with van der Waals surface area (Å²) in [5.41, 5.74) is 1.25. The van der Waals surface area contributed by atoms with E-state index < -0.39 is 0 Å². The summed E-state index contributed by atoms with van der Waals surface area (Å²) in [5.74, 6) is 0.392. The topological polar surface area (TPSA) is 58.6 Å². The van der Waals surface area contributed by atoms with Crippen molar-refractivity contribution in [1.29, 1.82) is 0 Å². The summed E-state index contributed by atoms with van der Waals surface area (Å²) in [7, 11) is 0. The molecule has 0 spiro atoms. The first kappa shape index (κ1) is 20.4. The van der Waals surface area contributed by atoms with E-state index in [9.17, 15) is 9.59 Å². The van der Waals surface area contributed by atoms with Crippen molar-refractivity contribution in [2.24, 2.45) is 0 Å². The monoisotopic (exact) mass is 444 g/mol. The van der Waals surface area contributed by atoms with Crippen molar-refractivity contribution in [1.82, 2.24) is 4.90 Å². The lowest BCUT2D eigenvalue weighted by Crippen LogP contribution is -2.49. The minimum atomic E-state index is -0.194. The van der Waals surface area contributed by atoms with Crippen LogP contribution < -0.4 is 10.1 Å². The fraction of sp³-hybridized carbons (Fsp3) is 0.364. The van der Waals surface area contributed by atoms with Gasteiger partial charge in [-0.05, 0) is 81.6 Å². The average molecular weight is 445 g/mol. The Bertz CT molecular complexity index is 811. The zero-order valence-corrected chi connectivity index (χ0v) is 17.7. The maximum Gasteiger partial charge on any atom is 0.260 e. The first-order chi connectivity index (χ1) is 13.4. The first-order valence-electron chi connectivity index (χ1n) is 9.55. The molecular formula is C22H25BrN2O3. The van der Waals surface area contributed by atoms with Gasteiger partial charge in [0.15, 0.2) is 6.61 Å². The van der Waals surface area contributed by atoms with E-state index in [-0.39, 0.29) is 30.5 Å². The smallest absolute Gasteiger partial charge is 0.260 e. The molecule has 1 heterocycles. The number of likely N-dealkylation sites (tertiary alicyclic amines) is 1. The standard InChI is InChI=1S/C22H25BrN2O3/c1-15-4-3-5-16(2)25(15)21(26)14-28-20-12-6-17(7-13-20)22(27)24-19-10-8-18(23)9-11-19/h6-13,15-16H,3-5,14H2,1-2H3,(H,24,27)/t15-,16+. The number of hydrogen-bond acceptors (Lipinski definition) is 3. The van der Waals surface area contributed by atoms with E-state index in [1.54, 1.807) is 24.3 Å². The summed E-state index contributed by atoms with van der Waals surface area (Å²) >= 11 is 3.37. The molecule has 5 nitrogen and oxygen atoms in total. The van der Waals surface area contributed by atoms with Crippen LogP contribution in [0.2, 0.25) is 0 Å². The van der Waals surface area contributed by atoms with Gasteiger partial charge in [-0.2, -0.15) is 0 Å². The average Bonchev–Trinajstić information content (AvgIpc) is 2.68. The third kappa shape index (κ3) is 5.13. The van der Waals surface area contributed by atoms with Crippen molar-refractivity contribution in [3.63, 3.8) is 0 Å². The van der Waals surface area contributed by atoms with Gasteiger partial charge in [0.1, 0.15) is 5.75 Å². The van der Waals surface area contributed by atoms with Gasteiger partial charge in [0, 0.05) is 27.8 Å². The molecule has 1 saturated heterocycles. The predicted molar refractivity (Wildman–Crippen MR) is 114 cm³/mol. The highest BCUT2D eigenvalue weighted by molar-refractivity contribution is 9.10. The number of nitrogens with one attached hydrogen (secondary N) is 1. The molecule has 0 unspecified atom stereocenters. The summed E-state index contributed by atoms with van der Waals surface area (Å²) in [6.45, 7) is 4.19. The lowest BCUT2D eigenvalue weighted by molar-refractivity contribution is -0.139. The summed E-state index contributed by atoms with van der Waals surface area (Å²) in [6.07, 6.45) is 3.24. The number of halogens is 1. The summed E-state index contributed by atoms with van der Waals surface area (Å²) in [5, 5.41) is 2.85. The Hall–Kier alpha value is -2.34. The molecule has 6 heteroatoms. The number of hydrogen-bond donors (Lipinski definition) is 1. The van der Waals surface area contributed by atoms with E-state index in [1.165, 1.54) is 0 Å². The third-order valence-corrected chi connectivity index (χ3v) is 5.59. The van der Waals surface area contributed by atoms with Crippen LogP contribution in [0.25, 0.3) is 0 Å². The molecule has 148 valence electrons. The van der Waals surface area contributed by atoms with E-state index in [2.05, 4.69) is 35.1 Å². The van der Waals surface area contributed by atoms with E-state index in [1.807, 2.05) is 29.2 Å². The number of ether oxygens (including phenoxy) is 1. The molecule has 1 aliphatic heterocycles. The van der Waals surface area contributed by atoms with E-state index >= 15 is 0 Å². The van der Waals surface area contributed by atoms with Crippen LogP contribution >= 0.6 is 15.9 Å². The molecule has 0 saturated carbocycles. The Morgan fingerprint density at radius 3 is 2.25 bits per heavy atom. The molecule has 3 rings (SSSR count). The van der Waals surface area contributed by atoms with Crippen molar-refractivity contribution < 1.29 is 14.3 Å². The number of carbonyl (C=O) groups excluding carboxylic acids is 2. The van der Waals surface area contributed by atoms with Crippen LogP contribution in [-0.4, -0.2) is 35.4 Å². The van der Waals surface area contributed by atoms with E-state index in [0.29, 0.717) is 11.3 Å². The molecule has 2 amide bonds. The fourth-order valence-electron chi connectivity index (χ4n) is 3.57. The van der Waals surface area contributed by atoms with Gasteiger partial charge in [-0.3, -0.25) is 9.59 Å². The second-order valence-electron chi connectivity index (χ2n) is 7.20. The van der Waals surface area contributed by atoms with Gasteiger partial charge in [-0.15, -0.1) is 0 Å². The van der Waals surface area contributed by atoms with Gasteiger partial charge in [-0.1, -0.05) is 15.9 Å². The highest BCUT2D eigenvalue weighted by Gasteiger charge is 2.28. The maximum atomic E-state index is 12.5.